The molecular weight excluding hydrogens is 209 g/mol. The number of rotatable bonds is 2. The highest BCUT2D eigenvalue weighted by Crippen LogP contribution is 2.32. The Morgan fingerprint density at radius 3 is 2.43 bits per heavy atom. The molecule has 0 spiro atoms. The van der Waals surface area contributed by atoms with Crippen LogP contribution in [-0.4, -0.2) is 6.26 Å². The van der Waals surface area contributed by atoms with Gasteiger partial charge in [0, 0.05) is 4.90 Å². The second-order valence-electron chi connectivity index (χ2n) is 2.59. The summed E-state index contributed by atoms with van der Waals surface area (Å²) in [5.41, 5.74) is -0.270. The van der Waals surface area contributed by atoms with E-state index in [1.807, 2.05) is 0 Å². The van der Waals surface area contributed by atoms with Gasteiger partial charge in [-0.25, -0.2) is 0 Å². The Morgan fingerprint density at radius 1 is 1.36 bits per heavy atom. The van der Waals surface area contributed by atoms with Gasteiger partial charge in [0.25, 0.3) is 0 Å². The molecule has 0 saturated carbocycles. The topological polar surface area (TPSA) is 0 Å². The minimum atomic E-state index is -4.30. The van der Waals surface area contributed by atoms with Crippen LogP contribution in [0.3, 0.4) is 0 Å². The van der Waals surface area contributed by atoms with Gasteiger partial charge in [0.1, 0.15) is 0 Å². The number of hydrogen-bond acceptors (Lipinski definition) is 1. The number of thioether (sulfide) groups is 1. The lowest BCUT2D eigenvalue weighted by molar-refractivity contribution is -0.137. The Kier molecular flexibility index (Phi) is 3.26. The third-order valence-corrected chi connectivity index (χ3v) is 2.51. The molecular formula is C10H8F3S. The highest BCUT2D eigenvalue weighted by Gasteiger charge is 2.30. The van der Waals surface area contributed by atoms with E-state index < -0.39 is 11.7 Å². The Hall–Kier alpha value is -0.900. The van der Waals surface area contributed by atoms with E-state index in [9.17, 15) is 13.2 Å². The van der Waals surface area contributed by atoms with Gasteiger partial charge in [0.2, 0.25) is 0 Å². The van der Waals surface area contributed by atoms with Crippen LogP contribution >= 0.6 is 11.8 Å². The maximum Gasteiger partial charge on any atom is 0.416 e. The molecule has 0 atom stereocenters. The van der Waals surface area contributed by atoms with Crippen molar-refractivity contribution in [2.24, 2.45) is 0 Å². The monoisotopic (exact) mass is 217 g/mol. The Morgan fingerprint density at radius 2 is 2.00 bits per heavy atom. The first-order chi connectivity index (χ1) is 6.49. The van der Waals surface area contributed by atoms with E-state index in [1.165, 1.54) is 17.8 Å². The van der Waals surface area contributed by atoms with Crippen molar-refractivity contribution in [3.63, 3.8) is 0 Å². The summed E-state index contributed by atoms with van der Waals surface area (Å²) < 4.78 is 36.9. The standard InChI is InChI=1S/C10H8F3S/c1-3-7-6-8(10(11,12)13)4-5-9(7)14-2/h4-6H,1H2,2H3. The van der Waals surface area contributed by atoms with Crippen molar-refractivity contribution in [3.05, 3.63) is 42.0 Å². The Labute approximate surface area is 84.8 Å². The molecule has 0 N–H and O–H groups in total. The molecule has 0 saturated heterocycles. The van der Waals surface area contributed by atoms with Crippen LogP contribution in [-0.2, 0) is 6.18 Å². The van der Waals surface area contributed by atoms with Gasteiger partial charge in [-0.2, -0.15) is 13.2 Å². The first-order valence-electron chi connectivity index (χ1n) is 3.77. The van der Waals surface area contributed by atoms with Crippen LogP contribution in [0.15, 0.2) is 29.7 Å². The van der Waals surface area contributed by atoms with Gasteiger partial charge in [-0.15, -0.1) is 11.8 Å². The summed E-state index contributed by atoms with van der Waals surface area (Å²) in [7, 11) is 0. The number of halogens is 3. The molecule has 1 aromatic rings. The predicted molar refractivity (Wildman–Crippen MR) is 51.2 cm³/mol. The summed E-state index contributed by atoms with van der Waals surface area (Å²) in [6.07, 6.45) is -0.0198. The molecule has 0 aromatic heterocycles. The largest absolute Gasteiger partial charge is 0.416 e. The molecule has 0 bridgehead atoms. The van der Waals surface area contributed by atoms with Gasteiger partial charge in [-0.1, -0.05) is 6.58 Å². The lowest BCUT2D eigenvalue weighted by Crippen LogP contribution is -2.05. The lowest BCUT2D eigenvalue weighted by atomic mass is 10.1. The molecule has 0 unspecified atom stereocenters. The van der Waals surface area contributed by atoms with Gasteiger partial charge in [0.05, 0.1) is 5.56 Å². The zero-order valence-corrected chi connectivity index (χ0v) is 8.30. The van der Waals surface area contributed by atoms with E-state index in [1.54, 1.807) is 6.26 Å². The SMILES string of the molecule is C=[C]c1cc(C(F)(F)F)ccc1SC. The quantitative estimate of drug-likeness (QED) is 0.679. The minimum absolute atomic E-state index is 0.396. The molecule has 0 aliphatic rings. The maximum absolute atomic E-state index is 12.3. The number of hydrogen-bond donors (Lipinski definition) is 0. The van der Waals surface area contributed by atoms with Crippen molar-refractivity contribution >= 4 is 11.8 Å². The molecule has 75 valence electrons. The van der Waals surface area contributed by atoms with Crippen molar-refractivity contribution in [1.82, 2.24) is 0 Å². The average molecular weight is 217 g/mol. The normalized spacial score (nSPS) is 11.4. The minimum Gasteiger partial charge on any atom is -0.166 e. The van der Waals surface area contributed by atoms with E-state index in [0.29, 0.717) is 5.56 Å². The third kappa shape index (κ3) is 2.32. The molecule has 14 heavy (non-hydrogen) atoms. The second-order valence-corrected chi connectivity index (χ2v) is 3.44. The zero-order valence-electron chi connectivity index (χ0n) is 7.48. The van der Waals surface area contributed by atoms with E-state index in [2.05, 4.69) is 12.7 Å². The van der Waals surface area contributed by atoms with Crippen molar-refractivity contribution in [3.8, 4) is 0 Å². The van der Waals surface area contributed by atoms with Crippen LogP contribution in [0, 0.1) is 6.08 Å². The molecule has 0 nitrogen and oxygen atoms in total. The van der Waals surface area contributed by atoms with Crippen LogP contribution in [0.1, 0.15) is 11.1 Å². The summed E-state index contributed by atoms with van der Waals surface area (Å²) in [6.45, 7) is 3.36. The zero-order chi connectivity index (χ0) is 10.8. The highest BCUT2D eigenvalue weighted by atomic mass is 32.2. The van der Waals surface area contributed by atoms with Gasteiger partial charge in [-0.05, 0) is 36.1 Å². The smallest absolute Gasteiger partial charge is 0.166 e. The van der Waals surface area contributed by atoms with E-state index in [-0.39, 0.29) is 0 Å². The molecule has 1 aromatic carbocycles. The summed E-state index contributed by atoms with van der Waals surface area (Å²) in [6, 6.07) is 3.55. The number of benzene rings is 1. The summed E-state index contributed by atoms with van der Waals surface area (Å²) in [4.78, 5) is 0.744. The third-order valence-electron chi connectivity index (χ3n) is 1.72. The fourth-order valence-electron chi connectivity index (χ4n) is 1.02. The van der Waals surface area contributed by atoms with E-state index in [0.717, 1.165) is 17.0 Å². The first kappa shape index (κ1) is 11.2. The first-order valence-corrected chi connectivity index (χ1v) is 5.00. The van der Waals surface area contributed by atoms with Gasteiger partial charge >= 0.3 is 6.18 Å². The van der Waals surface area contributed by atoms with Crippen LogP contribution in [0.25, 0.3) is 0 Å². The molecule has 0 heterocycles. The van der Waals surface area contributed by atoms with Crippen molar-refractivity contribution in [2.45, 2.75) is 11.1 Å². The molecule has 0 fully saturated rings. The van der Waals surface area contributed by atoms with E-state index >= 15 is 0 Å². The average Bonchev–Trinajstić information content (AvgIpc) is 2.15. The van der Waals surface area contributed by atoms with Crippen LogP contribution in [0.5, 0.6) is 0 Å². The van der Waals surface area contributed by atoms with E-state index in [4.69, 9.17) is 0 Å². The summed E-state index contributed by atoms with van der Waals surface area (Å²) >= 11 is 1.37. The van der Waals surface area contributed by atoms with Crippen LogP contribution < -0.4 is 0 Å². The van der Waals surface area contributed by atoms with Crippen molar-refractivity contribution in [2.75, 3.05) is 6.26 Å². The molecule has 0 aliphatic carbocycles. The van der Waals surface area contributed by atoms with Gasteiger partial charge in [0.15, 0.2) is 0 Å². The number of alkyl halides is 3. The van der Waals surface area contributed by atoms with Crippen molar-refractivity contribution < 1.29 is 13.2 Å². The second kappa shape index (κ2) is 4.09. The highest BCUT2D eigenvalue weighted by molar-refractivity contribution is 7.98. The molecule has 0 aliphatic heterocycles. The molecule has 1 rings (SSSR count). The molecule has 4 heteroatoms. The maximum atomic E-state index is 12.3. The lowest BCUT2D eigenvalue weighted by Gasteiger charge is -2.09. The van der Waals surface area contributed by atoms with Crippen LogP contribution in [0.2, 0.25) is 0 Å². The van der Waals surface area contributed by atoms with Crippen LogP contribution in [0.4, 0.5) is 13.2 Å². The van der Waals surface area contributed by atoms with Gasteiger partial charge in [-0.3, -0.25) is 0 Å². The Balaban J connectivity index is 3.21. The summed E-state index contributed by atoms with van der Waals surface area (Å²) in [5, 5.41) is 0. The van der Waals surface area contributed by atoms with Gasteiger partial charge < -0.3 is 0 Å². The molecule has 0 amide bonds. The summed E-state index contributed by atoms with van der Waals surface area (Å²) in [5.74, 6) is 0. The van der Waals surface area contributed by atoms with Crippen molar-refractivity contribution in [1.29, 1.82) is 0 Å². The fraction of sp³-hybridized carbons (Fsp3) is 0.200. The Bertz CT molecular complexity index is 342. The fourth-order valence-corrected chi connectivity index (χ4v) is 1.58. The predicted octanol–water partition coefficient (Wildman–Crippen LogP) is 3.76. The molecule has 1 radical (unpaired) electrons.